The molecule has 13 aromatic rings. The molecule has 0 aliphatic rings. The number of pyridine rings is 4. The smallest absolute Gasteiger partial charge is 0.0972 e. The predicted molar refractivity (Wildman–Crippen MR) is 259 cm³/mol. The summed E-state index contributed by atoms with van der Waals surface area (Å²) in [7, 11) is 0. The van der Waals surface area contributed by atoms with E-state index in [4.69, 9.17) is 19.9 Å². The average Bonchev–Trinajstić information content (AvgIpc) is 3.34. The van der Waals surface area contributed by atoms with Gasteiger partial charge < -0.3 is 0 Å². The van der Waals surface area contributed by atoms with Crippen molar-refractivity contribution < 1.29 is 0 Å². The van der Waals surface area contributed by atoms with Crippen LogP contribution in [0.5, 0.6) is 0 Å². The average molecular weight is 787 g/mol. The van der Waals surface area contributed by atoms with Crippen LogP contribution in [0, 0.1) is 0 Å². The van der Waals surface area contributed by atoms with Crippen LogP contribution < -0.4 is 0 Å². The van der Waals surface area contributed by atoms with E-state index in [-0.39, 0.29) is 0 Å². The third-order valence-corrected chi connectivity index (χ3v) is 12.6. The lowest BCUT2D eigenvalue weighted by Gasteiger charge is -2.17. The summed E-state index contributed by atoms with van der Waals surface area (Å²) in [5.41, 5.74) is 12.3. The maximum Gasteiger partial charge on any atom is 0.0972 e. The highest BCUT2D eigenvalue weighted by molar-refractivity contribution is 6.21. The van der Waals surface area contributed by atoms with E-state index in [0.717, 1.165) is 110 Å². The fourth-order valence-corrected chi connectivity index (χ4v) is 9.71. The Hall–Kier alpha value is -8.34. The first-order chi connectivity index (χ1) is 30.7. The van der Waals surface area contributed by atoms with Gasteiger partial charge in [-0.1, -0.05) is 146 Å². The SMILES string of the molecule is c1ccc2c(c1)cc(-c1ccc3cc(-c4ccc5nc(-c6c7ccccc7c(-c7ccc8ccc9cccnc9c8n7)c7ccccc67)ccc5c4)ccc3n1)c1ccccc12. The van der Waals surface area contributed by atoms with Crippen LogP contribution in [0.15, 0.2) is 206 Å². The van der Waals surface area contributed by atoms with Gasteiger partial charge in [-0.25, -0.2) is 15.0 Å². The minimum Gasteiger partial charge on any atom is -0.254 e. The number of benzene rings is 9. The monoisotopic (exact) mass is 786 g/mol. The Morgan fingerprint density at radius 2 is 0.742 bits per heavy atom. The summed E-state index contributed by atoms with van der Waals surface area (Å²) >= 11 is 0. The summed E-state index contributed by atoms with van der Waals surface area (Å²) < 4.78 is 0. The highest BCUT2D eigenvalue weighted by Gasteiger charge is 2.19. The van der Waals surface area contributed by atoms with Gasteiger partial charge in [0, 0.05) is 44.4 Å². The lowest BCUT2D eigenvalue weighted by molar-refractivity contribution is 1.38. The second kappa shape index (κ2) is 13.6. The van der Waals surface area contributed by atoms with Crippen LogP contribution in [-0.2, 0) is 0 Å². The molecule has 0 aliphatic carbocycles. The van der Waals surface area contributed by atoms with Crippen LogP contribution in [0.1, 0.15) is 0 Å². The predicted octanol–water partition coefficient (Wildman–Crippen LogP) is 15.2. The molecule has 0 N–H and O–H groups in total. The second-order valence-electron chi connectivity index (χ2n) is 16.1. The molecule has 4 nitrogen and oxygen atoms in total. The molecule has 4 heteroatoms. The van der Waals surface area contributed by atoms with Crippen molar-refractivity contribution in [1.82, 2.24) is 19.9 Å². The number of hydrogen-bond acceptors (Lipinski definition) is 4. The van der Waals surface area contributed by atoms with Crippen molar-refractivity contribution in [1.29, 1.82) is 0 Å². The van der Waals surface area contributed by atoms with Crippen LogP contribution in [0.2, 0.25) is 0 Å². The summed E-state index contributed by atoms with van der Waals surface area (Å²) in [6.45, 7) is 0. The van der Waals surface area contributed by atoms with Gasteiger partial charge in [-0.3, -0.25) is 4.98 Å². The maximum absolute atomic E-state index is 5.35. The molecule has 9 aromatic carbocycles. The number of aromatic nitrogens is 4. The molecular weight excluding hydrogens is 753 g/mol. The van der Waals surface area contributed by atoms with Gasteiger partial charge in [0.1, 0.15) is 0 Å². The number of hydrogen-bond donors (Lipinski definition) is 0. The molecule has 0 radical (unpaired) electrons. The van der Waals surface area contributed by atoms with Crippen molar-refractivity contribution in [2.24, 2.45) is 0 Å². The fourth-order valence-electron chi connectivity index (χ4n) is 9.71. The van der Waals surface area contributed by atoms with E-state index in [1.807, 2.05) is 12.3 Å². The van der Waals surface area contributed by atoms with E-state index in [1.54, 1.807) is 0 Å². The maximum atomic E-state index is 5.35. The normalized spacial score (nSPS) is 11.9. The fraction of sp³-hybridized carbons (Fsp3) is 0. The Balaban J connectivity index is 0.890. The summed E-state index contributed by atoms with van der Waals surface area (Å²) in [5, 5.41) is 13.9. The second-order valence-corrected chi connectivity index (χ2v) is 16.1. The van der Waals surface area contributed by atoms with Gasteiger partial charge in [-0.15, -0.1) is 0 Å². The van der Waals surface area contributed by atoms with E-state index in [2.05, 4.69) is 194 Å². The first-order valence-electron chi connectivity index (χ1n) is 21.0. The molecule has 0 bridgehead atoms. The first kappa shape index (κ1) is 34.5. The van der Waals surface area contributed by atoms with Crippen LogP contribution >= 0.6 is 0 Å². The third kappa shape index (κ3) is 5.40. The Labute approximate surface area is 356 Å². The molecule has 0 fully saturated rings. The molecule has 13 rings (SSSR count). The van der Waals surface area contributed by atoms with Crippen molar-refractivity contribution in [3.8, 4) is 44.9 Å². The molecule has 0 saturated carbocycles. The minimum atomic E-state index is 0.911. The molecule has 0 spiro atoms. The zero-order valence-corrected chi connectivity index (χ0v) is 33.4. The number of nitrogens with zero attached hydrogens (tertiary/aromatic N) is 4. The molecule has 0 saturated heterocycles. The summed E-state index contributed by atoms with van der Waals surface area (Å²) in [4.78, 5) is 20.6. The molecule has 0 unspecified atom stereocenters. The lowest BCUT2D eigenvalue weighted by Crippen LogP contribution is -1.95. The quantitative estimate of drug-likeness (QED) is 0.132. The van der Waals surface area contributed by atoms with Crippen LogP contribution in [-0.4, -0.2) is 19.9 Å². The van der Waals surface area contributed by atoms with Crippen molar-refractivity contribution in [3.05, 3.63) is 206 Å². The zero-order valence-electron chi connectivity index (χ0n) is 33.4. The number of fused-ring (bicyclic) bond motifs is 10. The first-order valence-corrected chi connectivity index (χ1v) is 21.0. The van der Waals surface area contributed by atoms with E-state index < -0.39 is 0 Å². The lowest BCUT2D eigenvalue weighted by atomic mass is 9.88. The van der Waals surface area contributed by atoms with Crippen molar-refractivity contribution >= 4 is 86.7 Å². The van der Waals surface area contributed by atoms with Crippen molar-refractivity contribution in [2.75, 3.05) is 0 Å². The van der Waals surface area contributed by atoms with Gasteiger partial charge in [0.2, 0.25) is 0 Å². The highest BCUT2D eigenvalue weighted by Crippen LogP contribution is 2.44. The van der Waals surface area contributed by atoms with Crippen molar-refractivity contribution in [3.63, 3.8) is 0 Å². The number of rotatable bonds is 4. The largest absolute Gasteiger partial charge is 0.254 e. The van der Waals surface area contributed by atoms with Gasteiger partial charge in [0.25, 0.3) is 0 Å². The van der Waals surface area contributed by atoms with Crippen LogP contribution in [0.25, 0.3) is 132 Å². The molecule has 0 atom stereocenters. The third-order valence-electron chi connectivity index (χ3n) is 12.6. The minimum absolute atomic E-state index is 0.911. The summed E-state index contributed by atoms with van der Waals surface area (Å²) in [5.74, 6) is 0. The molecule has 0 amide bonds. The topological polar surface area (TPSA) is 51.6 Å². The van der Waals surface area contributed by atoms with Crippen LogP contribution in [0.3, 0.4) is 0 Å². The van der Waals surface area contributed by atoms with Gasteiger partial charge >= 0.3 is 0 Å². The molecule has 4 heterocycles. The van der Waals surface area contributed by atoms with E-state index in [0.29, 0.717) is 0 Å². The van der Waals surface area contributed by atoms with Gasteiger partial charge in [0.15, 0.2) is 0 Å². The van der Waals surface area contributed by atoms with Gasteiger partial charge in [0.05, 0.1) is 39.1 Å². The Morgan fingerprint density at radius 3 is 1.39 bits per heavy atom. The molecule has 4 aromatic heterocycles. The Kier molecular flexibility index (Phi) is 7.57. The Morgan fingerprint density at radius 1 is 0.274 bits per heavy atom. The van der Waals surface area contributed by atoms with Gasteiger partial charge in [-0.2, -0.15) is 0 Å². The highest BCUT2D eigenvalue weighted by atomic mass is 14.8. The van der Waals surface area contributed by atoms with Gasteiger partial charge in [-0.05, 0) is 109 Å². The summed E-state index contributed by atoms with van der Waals surface area (Å²) in [6, 6.07) is 71.4. The molecular formula is C58H34N4. The molecule has 0 aliphatic heterocycles. The molecule has 62 heavy (non-hydrogen) atoms. The van der Waals surface area contributed by atoms with Crippen LogP contribution in [0.4, 0.5) is 0 Å². The van der Waals surface area contributed by atoms with E-state index in [9.17, 15) is 0 Å². The standard InChI is InChI=1S/C58H34N4/c1-2-12-42-39(10-1)34-49(44-14-4-3-13-43(42)44)52-28-24-40-32-37(22-26-50(40)60-52)38-23-27-51-41(33-38)25-30-53(61-51)55-45-15-5-7-17-47(45)56(48-18-8-6-16-46(48)55)54-29-21-36-20-19-35-11-9-31-59-57(35)58(36)62-54/h1-34H. The Bertz CT molecular complexity index is 3940. The van der Waals surface area contributed by atoms with E-state index >= 15 is 0 Å². The van der Waals surface area contributed by atoms with E-state index in [1.165, 1.54) is 21.5 Å². The summed E-state index contributed by atoms with van der Waals surface area (Å²) in [6.07, 6.45) is 1.84. The zero-order chi connectivity index (χ0) is 40.7. The molecule has 286 valence electrons. The van der Waals surface area contributed by atoms with Crippen molar-refractivity contribution in [2.45, 2.75) is 0 Å².